The second kappa shape index (κ2) is 8.81. The third-order valence-electron chi connectivity index (χ3n) is 6.56. The van der Waals surface area contributed by atoms with Crippen molar-refractivity contribution < 1.29 is 4.74 Å². The van der Waals surface area contributed by atoms with Crippen LogP contribution >= 0.6 is 0 Å². The summed E-state index contributed by atoms with van der Waals surface area (Å²) in [7, 11) is 0. The molecule has 37 heavy (non-hydrogen) atoms. The smallest absolute Gasteiger partial charge is 0.151 e. The molecule has 0 N–H and O–H groups in total. The fourth-order valence-corrected chi connectivity index (χ4v) is 4.72. The lowest BCUT2D eigenvalue weighted by Gasteiger charge is -2.32. The van der Waals surface area contributed by atoms with Crippen LogP contribution in [0.2, 0.25) is 0 Å². The van der Waals surface area contributed by atoms with Crippen LogP contribution in [0.4, 0.5) is 17.2 Å². The number of pyridine rings is 1. The first-order valence-corrected chi connectivity index (χ1v) is 12.2. The zero-order valence-electron chi connectivity index (χ0n) is 19.9. The van der Waals surface area contributed by atoms with E-state index in [1.165, 1.54) is 11.1 Å². The molecule has 1 aliphatic heterocycles. The van der Waals surface area contributed by atoms with Crippen LogP contribution in [-0.2, 0) is 0 Å². The van der Waals surface area contributed by atoms with Gasteiger partial charge in [-0.15, -0.1) is 0 Å². The van der Waals surface area contributed by atoms with Gasteiger partial charge in [0.1, 0.15) is 5.82 Å². The van der Waals surface area contributed by atoms with Gasteiger partial charge in [-0.3, -0.25) is 4.90 Å². The molecule has 0 radical (unpaired) electrons. The molecule has 0 aliphatic carbocycles. The molecule has 5 heteroatoms. The van der Waals surface area contributed by atoms with Gasteiger partial charge in [0.05, 0.1) is 23.3 Å². The summed E-state index contributed by atoms with van der Waals surface area (Å²) in [6, 6.07) is 39.0. The van der Waals surface area contributed by atoms with Gasteiger partial charge in [0, 0.05) is 18.0 Å². The van der Waals surface area contributed by atoms with Gasteiger partial charge in [-0.2, -0.15) is 5.10 Å². The second-order valence-electron chi connectivity index (χ2n) is 8.86. The zero-order chi connectivity index (χ0) is 24.6. The van der Waals surface area contributed by atoms with E-state index in [9.17, 15) is 0 Å². The quantitative estimate of drug-likeness (QED) is 0.256. The molecule has 0 amide bonds. The standard InChI is InChI=1S/C32H22N4O/c1-2-8-23(9-3-1)24-13-15-25(16-14-24)26-21-34-35(22-26)27-17-18-31-29(20-27)36(32-12-6-7-19-33-32)28-10-4-5-11-30(28)37-31/h1-22H. The lowest BCUT2D eigenvalue weighted by molar-refractivity contribution is 0.476. The summed E-state index contributed by atoms with van der Waals surface area (Å²) >= 11 is 0. The molecule has 6 aromatic rings. The summed E-state index contributed by atoms with van der Waals surface area (Å²) < 4.78 is 8.14. The molecule has 0 atom stereocenters. The van der Waals surface area contributed by atoms with E-state index in [1.807, 2.05) is 71.5 Å². The molecule has 5 nitrogen and oxygen atoms in total. The Balaban J connectivity index is 1.24. The van der Waals surface area contributed by atoms with Gasteiger partial charge in [0.2, 0.25) is 0 Å². The topological polar surface area (TPSA) is 43.2 Å². The molecule has 2 aromatic heterocycles. The summed E-state index contributed by atoms with van der Waals surface area (Å²) in [6.45, 7) is 0. The van der Waals surface area contributed by atoms with Crippen LogP contribution in [0.25, 0.3) is 27.9 Å². The first kappa shape index (κ1) is 21.1. The Morgan fingerprint density at radius 1 is 0.568 bits per heavy atom. The van der Waals surface area contributed by atoms with Gasteiger partial charge in [0.25, 0.3) is 0 Å². The van der Waals surface area contributed by atoms with Crippen molar-refractivity contribution in [1.82, 2.24) is 14.8 Å². The second-order valence-corrected chi connectivity index (χ2v) is 8.86. The molecule has 0 fully saturated rings. The van der Waals surface area contributed by atoms with Gasteiger partial charge in [-0.05, 0) is 59.2 Å². The number of benzene rings is 4. The Hall–Kier alpha value is -5.16. The van der Waals surface area contributed by atoms with Crippen LogP contribution in [0.5, 0.6) is 11.5 Å². The van der Waals surface area contributed by atoms with Gasteiger partial charge >= 0.3 is 0 Å². The first-order chi connectivity index (χ1) is 18.3. The van der Waals surface area contributed by atoms with E-state index in [2.05, 4.69) is 75.8 Å². The molecular formula is C32H22N4O. The number of para-hydroxylation sites is 2. The molecule has 7 rings (SSSR count). The van der Waals surface area contributed by atoms with E-state index in [-0.39, 0.29) is 0 Å². The van der Waals surface area contributed by atoms with Crippen molar-refractivity contribution in [3.8, 4) is 39.4 Å². The maximum Gasteiger partial charge on any atom is 0.151 e. The number of hydrogen-bond donors (Lipinski definition) is 0. The highest BCUT2D eigenvalue weighted by Crippen LogP contribution is 2.50. The number of ether oxygens (including phenoxy) is 1. The van der Waals surface area contributed by atoms with Crippen molar-refractivity contribution in [3.63, 3.8) is 0 Å². The molecule has 0 spiro atoms. The van der Waals surface area contributed by atoms with Crippen molar-refractivity contribution >= 4 is 17.2 Å². The molecule has 0 saturated heterocycles. The molecule has 176 valence electrons. The summed E-state index contributed by atoms with van der Waals surface area (Å²) in [6.07, 6.45) is 5.76. The van der Waals surface area contributed by atoms with E-state index in [0.717, 1.165) is 45.5 Å². The van der Waals surface area contributed by atoms with Crippen molar-refractivity contribution in [2.75, 3.05) is 4.90 Å². The average molecular weight is 479 g/mol. The van der Waals surface area contributed by atoms with Gasteiger partial charge in [-0.1, -0.05) is 72.8 Å². The highest BCUT2D eigenvalue weighted by atomic mass is 16.5. The maximum absolute atomic E-state index is 6.24. The molecule has 0 saturated carbocycles. The Labute approximate surface area is 214 Å². The minimum atomic E-state index is 0.775. The van der Waals surface area contributed by atoms with Crippen LogP contribution in [0.15, 0.2) is 134 Å². The van der Waals surface area contributed by atoms with Gasteiger partial charge in [0.15, 0.2) is 11.5 Å². The fourth-order valence-electron chi connectivity index (χ4n) is 4.72. The maximum atomic E-state index is 6.24. The molecule has 1 aliphatic rings. The van der Waals surface area contributed by atoms with Crippen molar-refractivity contribution in [2.45, 2.75) is 0 Å². The van der Waals surface area contributed by atoms with Crippen molar-refractivity contribution in [2.24, 2.45) is 0 Å². The summed E-state index contributed by atoms with van der Waals surface area (Å²) in [4.78, 5) is 6.75. The number of nitrogens with zero attached hydrogens (tertiary/aromatic N) is 4. The Morgan fingerprint density at radius 2 is 1.27 bits per heavy atom. The number of fused-ring (bicyclic) bond motifs is 2. The number of anilines is 3. The van der Waals surface area contributed by atoms with Crippen molar-refractivity contribution in [1.29, 1.82) is 0 Å². The number of aromatic nitrogens is 3. The Bertz CT molecular complexity index is 1690. The van der Waals surface area contributed by atoms with Crippen LogP contribution in [0, 0.1) is 0 Å². The highest BCUT2D eigenvalue weighted by Gasteiger charge is 2.26. The predicted molar refractivity (Wildman–Crippen MR) is 147 cm³/mol. The highest BCUT2D eigenvalue weighted by molar-refractivity contribution is 5.85. The number of rotatable bonds is 4. The third kappa shape index (κ3) is 3.83. The molecule has 4 aromatic carbocycles. The van der Waals surface area contributed by atoms with E-state index >= 15 is 0 Å². The lowest BCUT2D eigenvalue weighted by Crippen LogP contribution is -2.17. The first-order valence-electron chi connectivity index (χ1n) is 12.2. The summed E-state index contributed by atoms with van der Waals surface area (Å²) in [5.41, 5.74) is 7.39. The molecule has 0 bridgehead atoms. The van der Waals surface area contributed by atoms with Crippen LogP contribution in [0.3, 0.4) is 0 Å². The van der Waals surface area contributed by atoms with Crippen LogP contribution in [0.1, 0.15) is 0 Å². The van der Waals surface area contributed by atoms with E-state index in [4.69, 9.17) is 4.74 Å². The van der Waals surface area contributed by atoms with Gasteiger partial charge in [-0.25, -0.2) is 9.67 Å². The minimum absolute atomic E-state index is 0.775. The van der Waals surface area contributed by atoms with E-state index < -0.39 is 0 Å². The Morgan fingerprint density at radius 3 is 2.08 bits per heavy atom. The van der Waals surface area contributed by atoms with E-state index in [0.29, 0.717) is 0 Å². The largest absolute Gasteiger partial charge is 0.453 e. The van der Waals surface area contributed by atoms with Crippen LogP contribution < -0.4 is 9.64 Å². The third-order valence-corrected chi connectivity index (χ3v) is 6.56. The fraction of sp³-hybridized carbons (Fsp3) is 0. The SMILES string of the molecule is c1ccc(-c2ccc(-c3cnn(-c4ccc5c(c4)N(c4ccccn4)c4ccccc4O5)c3)cc2)cc1. The minimum Gasteiger partial charge on any atom is -0.453 e. The molecule has 3 heterocycles. The van der Waals surface area contributed by atoms with Crippen molar-refractivity contribution in [3.05, 3.63) is 134 Å². The lowest BCUT2D eigenvalue weighted by atomic mass is 10.0. The molecular weight excluding hydrogens is 456 g/mol. The van der Waals surface area contributed by atoms with Gasteiger partial charge < -0.3 is 4.74 Å². The van der Waals surface area contributed by atoms with Crippen LogP contribution in [-0.4, -0.2) is 14.8 Å². The molecule has 0 unspecified atom stereocenters. The van der Waals surface area contributed by atoms with E-state index in [1.54, 1.807) is 6.20 Å². The summed E-state index contributed by atoms with van der Waals surface area (Å²) in [5, 5.41) is 4.68. The normalized spacial score (nSPS) is 11.9. The summed E-state index contributed by atoms with van der Waals surface area (Å²) in [5.74, 6) is 2.40. The average Bonchev–Trinajstić information content (AvgIpc) is 3.47. The monoisotopic (exact) mass is 478 g/mol. The Kier molecular flexibility index (Phi) is 5.03. The number of hydrogen-bond acceptors (Lipinski definition) is 4. The zero-order valence-corrected chi connectivity index (χ0v) is 19.9. The predicted octanol–water partition coefficient (Wildman–Crippen LogP) is 8.18.